The average Bonchev–Trinajstić information content (AvgIpc) is 2.53. The average molecular weight is 359 g/mol. The van der Waals surface area contributed by atoms with E-state index in [1.807, 2.05) is 4.90 Å². The molecule has 0 N–H and O–H groups in total. The Labute approximate surface area is 145 Å². The van der Waals surface area contributed by atoms with Crippen molar-refractivity contribution in [3.05, 3.63) is 0 Å². The molecule has 3 saturated heterocycles. The summed E-state index contributed by atoms with van der Waals surface area (Å²) in [5.41, 5.74) is 0. The van der Waals surface area contributed by atoms with Gasteiger partial charge in [0, 0.05) is 58.3 Å². The molecule has 0 atom stereocenters. The molecule has 138 valence electrons. The van der Waals surface area contributed by atoms with Crippen LogP contribution in [0.2, 0.25) is 0 Å². The molecule has 0 saturated carbocycles. The van der Waals surface area contributed by atoms with Gasteiger partial charge in [-0.3, -0.25) is 9.69 Å². The minimum absolute atomic E-state index is 0.0109. The van der Waals surface area contributed by atoms with E-state index in [4.69, 9.17) is 4.74 Å². The highest BCUT2D eigenvalue weighted by Gasteiger charge is 2.39. The van der Waals surface area contributed by atoms with Crippen LogP contribution in [0.4, 0.5) is 0 Å². The van der Waals surface area contributed by atoms with E-state index < -0.39 is 10.0 Å². The third kappa shape index (κ3) is 3.92. The molecule has 0 bridgehead atoms. The minimum Gasteiger partial charge on any atom is -0.381 e. The number of rotatable bonds is 4. The summed E-state index contributed by atoms with van der Waals surface area (Å²) in [7, 11) is -1.35. The molecule has 0 aromatic carbocycles. The van der Waals surface area contributed by atoms with Crippen LogP contribution in [0.15, 0.2) is 0 Å². The largest absolute Gasteiger partial charge is 0.381 e. The van der Waals surface area contributed by atoms with Gasteiger partial charge in [-0.05, 0) is 25.7 Å². The fourth-order valence-electron chi connectivity index (χ4n) is 4.04. The summed E-state index contributed by atoms with van der Waals surface area (Å²) in [6.45, 7) is 4.69. The maximum Gasteiger partial charge on any atom is 0.225 e. The summed E-state index contributed by atoms with van der Waals surface area (Å²) < 4.78 is 30.0. The first kappa shape index (κ1) is 18.1. The summed E-state index contributed by atoms with van der Waals surface area (Å²) >= 11 is 0. The van der Waals surface area contributed by atoms with Crippen molar-refractivity contribution in [1.29, 1.82) is 0 Å². The Bertz CT molecular complexity index is 546. The van der Waals surface area contributed by atoms with Gasteiger partial charge in [0.15, 0.2) is 0 Å². The van der Waals surface area contributed by atoms with Crippen LogP contribution in [-0.2, 0) is 19.6 Å². The van der Waals surface area contributed by atoms with Gasteiger partial charge in [-0.1, -0.05) is 0 Å². The van der Waals surface area contributed by atoms with Crippen LogP contribution in [0, 0.1) is 5.92 Å². The van der Waals surface area contributed by atoms with E-state index in [9.17, 15) is 13.2 Å². The first-order valence-electron chi connectivity index (χ1n) is 8.89. The molecule has 3 aliphatic rings. The molecule has 8 heteroatoms. The molecule has 7 nitrogen and oxygen atoms in total. The standard InChI is InChI=1S/C16H29N3O4S/c1-23-15-5-7-17(8-6-15)14-11-18(12-14)16(20)13-3-9-19(10-4-13)24(2,21)22/h13-15H,3-12H2,1-2H3. The first-order chi connectivity index (χ1) is 11.4. The monoisotopic (exact) mass is 359 g/mol. The maximum atomic E-state index is 12.6. The van der Waals surface area contributed by atoms with Gasteiger partial charge in [0.05, 0.1) is 12.4 Å². The van der Waals surface area contributed by atoms with Gasteiger partial charge in [-0.2, -0.15) is 0 Å². The van der Waals surface area contributed by atoms with Gasteiger partial charge >= 0.3 is 0 Å². The van der Waals surface area contributed by atoms with Gasteiger partial charge in [0.2, 0.25) is 15.9 Å². The number of likely N-dealkylation sites (tertiary alicyclic amines) is 2. The molecule has 3 heterocycles. The zero-order valence-electron chi connectivity index (χ0n) is 14.7. The number of ether oxygens (including phenoxy) is 1. The zero-order valence-corrected chi connectivity index (χ0v) is 15.5. The lowest BCUT2D eigenvalue weighted by Crippen LogP contribution is -2.63. The topological polar surface area (TPSA) is 70.2 Å². The molecule has 1 amide bonds. The van der Waals surface area contributed by atoms with Crippen molar-refractivity contribution in [1.82, 2.24) is 14.1 Å². The van der Waals surface area contributed by atoms with Crippen molar-refractivity contribution in [2.45, 2.75) is 37.8 Å². The summed E-state index contributed by atoms with van der Waals surface area (Å²) in [6.07, 6.45) is 5.06. The number of methoxy groups -OCH3 is 1. The van der Waals surface area contributed by atoms with Crippen LogP contribution in [0.3, 0.4) is 0 Å². The van der Waals surface area contributed by atoms with Crippen molar-refractivity contribution < 1.29 is 17.9 Å². The predicted octanol–water partition coefficient (Wildman–Crippen LogP) is -0.0204. The van der Waals surface area contributed by atoms with Crippen LogP contribution in [0.25, 0.3) is 0 Å². The fraction of sp³-hybridized carbons (Fsp3) is 0.938. The van der Waals surface area contributed by atoms with E-state index in [0.717, 1.165) is 39.0 Å². The Balaban J connectivity index is 1.41. The fourth-order valence-corrected chi connectivity index (χ4v) is 4.91. The van der Waals surface area contributed by atoms with E-state index in [1.165, 1.54) is 10.6 Å². The Hall–Kier alpha value is -0.700. The molecule has 0 aromatic rings. The Morgan fingerprint density at radius 1 is 1.00 bits per heavy atom. The van der Waals surface area contributed by atoms with Crippen molar-refractivity contribution in [3.63, 3.8) is 0 Å². The lowest BCUT2D eigenvalue weighted by Gasteiger charge is -2.48. The third-order valence-electron chi connectivity index (χ3n) is 5.77. The molecule has 24 heavy (non-hydrogen) atoms. The molecule has 3 fully saturated rings. The van der Waals surface area contributed by atoms with Gasteiger partial charge in [0.1, 0.15) is 0 Å². The van der Waals surface area contributed by atoms with Crippen LogP contribution in [0.1, 0.15) is 25.7 Å². The molecular formula is C16H29N3O4S. The quantitative estimate of drug-likeness (QED) is 0.706. The minimum atomic E-state index is -3.13. The molecule has 0 spiro atoms. The second-order valence-electron chi connectivity index (χ2n) is 7.30. The lowest BCUT2D eigenvalue weighted by molar-refractivity contribution is -0.145. The number of hydrogen-bond acceptors (Lipinski definition) is 5. The van der Waals surface area contributed by atoms with Gasteiger partial charge < -0.3 is 9.64 Å². The van der Waals surface area contributed by atoms with Gasteiger partial charge in [0.25, 0.3) is 0 Å². The second kappa shape index (κ2) is 7.27. The molecule has 3 rings (SSSR count). The highest BCUT2D eigenvalue weighted by Crippen LogP contribution is 2.26. The molecule has 0 radical (unpaired) electrons. The van der Waals surface area contributed by atoms with Crippen LogP contribution < -0.4 is 0 Å². The van der Waals surface area contributed by atoms with Crippen LogP contribution >= 0.6 is 0 Å². The van der Waals surface area contributed by atoms with E-state index in [2.05, 4.69) is 4.90 Å². The van der Waals surface area contributed by atoms with Gasteiger partial charge in [-0.15, -0.1) is 0 Å². The Kier molecular flexibility index (Phi) is 5.48. The van der Waals surface area contributed by atoms with E-state index >= 15 is 0 Å². The number of sulfonamides is 1. The Morgan fingerprint density at radius 2 is 1.58 bits per heavy atom. The highest BCUT2D eigenvalue weighted by atomic mass is 32.2. The third-order valence-corrected chi connectivity index (χ3v) is 7.08. The Morgan fingerprint density at radius 3 is 2.08 bits per heavy atom. The normalized spacial score (nSPS) is 26.5. The number of amides is 1. The van der Waals surface area contributed by atoms with Crippen molar-refractivity contribution in [2.24, 2.45) is 5.92 Å². The highest BCUT2D eigenvalue weighted by molar-refractivity contribution is 7.88. The van der Waals surface area contributed by atoms with Crippen molar-refractivity contribution in [2.75, 3.05) is 52.6 Å². The summed E-state index contributed by atoms with van der Waals surface area (Å²) in [5, 5.41) is 0. The molecule has 0 aliphatic carbocycles. The van der Waals surface area contributed by atoms with Gasteiger partial charge in [-0.25, -0.2) is 12.7 Å². The maximum absolute atomic E-state index is 12.6. The number of carbonyl (C=O) groups excluding carboxylic acids is 1. The molecular weight excluding hydrogens is 330 g/mol. The zero-order chi connectivity index (χ0) is 17.3. The molecule has 0 aromatic heterocycles. The van der Waals surface area contributed by atoms with Crippen molar-refractivity contribution in [3.8, 4) is 0 Å². The number of piperidine rings is 2. The van der Waals surface area contributed by atoms with E-state index in [0.29, 0.717) is 38.1 Å². The van der Waals surface area contributed by atoms with E-state index in [1.54, 1.807) is 7.11 Å². The van der Waals surface area contributed by atoms with Crippen LogP contribution in [-0.4, -0.2) is 93.2 Å². The number of carbonyl (C=O) groups is 1. The number of nitrogens with zero attached hydrogens (tertiary/aromatic N) is 3. The predicted molar refractivity (Wildman–Crippen MR) is 91.1 cm³/mol. The smallest absolute Gasteiger partial charge is 0.225 e. The SMILES string of the molecule is COC1CCN(C2CN(C(=O)C3CCN(S(C)(=O)=O)CC3)C2)CC1. The van der Waals surface area contributed by atoms with Crippen LogP contribution in [0.5, 0.6) is 0 Å². The summed E-state index contributed by atoms with van der Waals surface area (Å²) in [6, 6.07) is 0.489. The summed E-state index contributed by atoms with van der Waals surface area (Å²) in [4.78, 5) is 17.0. The molecule has 0 unspecified atom stereocenters. The van der Waals surface area contributed by atoms with Crippen molar-refractivity contribution >= 4 is 15.9 Å². The number of hydrogen-bond donors (Lipinski definition) is 0. The van der Waals surface area contributed by atoms with E-state index in [-0.39, 0.29) is 11.8 Å². The second-order valence-corrected chi connectivity index (χ2v) is 9.29. The lowest BCUT2D eigenvalue weighted by atomic mass is 9.93. The first-order valence-corrected chi connectivity index (χ1v) is 10.7. The summed E-state index contributed by atoms with van der Waals surface area (Å²) in [5.74, 6) is 0.203. The molecule has 3 aliphatic heterocycles.